The molecule has 1 fully saturated rings. The monoisotopic (exact) mass is 210 g/mol. The van der Waals surface area contributed by atoms with Gasteiger partial charge in [0.2, 0.25) is 5.96 Å². The number of nitrogens with zero attached hydrogens (tertiary/aromatic N) is 4. The van der Waals surface area contributed by atoms with E-state index in [0.717, 1.165) is 45.1 Å². The van der Waals surface area contributed by atoms with Gasteiger partial charge in [-0.3, -0.25) is 4.99 Å². The summed E-state index contributed by atoms with van der Waals surface area (Å²) in [6.07, 6.45) is 2.91. The van der Waals surface area contributed by atoms with Crippen molar-refractivity contribution in [3.63, 3.8) is 0 Å². The number of likely N-dealkylation sites (N-methyl/N-ethyl adjacent to an activating group) is 1. The van der Waals surface area contributed by atoms with Gasteiger partial charge in [-0.2, -0.15) is 0 Å². The molecule has 0 bridgehead atoms. The molecule has 1 saturated heterocycles. The fourth-order valence-electron chi connectivity index (χ4n) is 1.54. The molecule has 0 aromatic carbocycles. The van der Waals surface area contributed by atoms with Crippen LogP contribution in [0.3, 0.4) is 0 Å². The maximum Gasteiger partial charge on any atom is 0.220 e. The molecule has 1 rings (SSSR count). The van der Waals surface area contributed by atoms with Crippen molar-refractivity contribution in [2.24, 2.45) is 9.98 Å². The molecule has 0 radical (unpaired) electrons. The van der Waals surface area contributed by atoms with Crippen LogP contribution in [0, 0.1) is 0 Å². The first-order valence-corrected chi connectivity index (χ1v) is 5.78. The summed E-state index contributed by atoms with van der Waals surface area (Å²) in [4.78, 5) is 13.5. The Labute approximate surface area is 92.7 Å². The SMILES string of the molecule is CC/C=N\C(=NCC)N1CCN(C)CC1. The number of rotatable bonds is 2. The van der Waals surface area contributed by atoms with Gasteiger partial charge in [0.1, 0.15) is 0 Å². The highest BCUT2D eigenvalue weighted by Gasteiger charge is 2.16. The van der Waals surface area contributed by atoms with Crippen LogP contribution in [0.4, 0.5) is 0 Å². The van der Waals surface area contributed by atoms with Crippen LogP contribution in [-0.2, 0) is 0 Å². The second-order valence-electron chi connectivity index (χ2n) is 3.78. The highest BCUT2D eigenvalue weighted by atomic mass is 15.3. The smallest absolute Gasteiger partial charge is 0.220 e. The maximum absolute atomic E-state index is 4.44. The fourth-order valence-corrected chi connectivity index (χ4v) is 1.54. The largest absolute Gasteiger partial charge is 0.339 e. The van der Waals surface area contributed by atoms with E-state index in [1.807, 2.05) is 6.21 Å². The van der Waals surface area contributed by atoms with E-state index in [0.29, 0.717) is 0 Å². The standard InChI is InChI=1S/C11H22N4/c1-4-6-13-11(12-5-2)15-9-7-14(3)8-10-15/h6H,4-5,7-10H2,1-3H3/b12-11?,13-6-. The Morgan fingerprint density at radius 2 is 1.87 bits per heavy atom. The van der Waals surface area contributed by atoms with Gasteiger partial charge in [0, 0.05) is 38.9 Å². The Morgan fingerprint density at radius 3 is 2.40 bits per heavy atom. The molecule has 0 aromatic rings. The second-order valence-corrected chi connectivity index (χ2v) is 3.78. The van der Waals surface area contributed by atoms with Crippen LogP contribution >= 0.6 is 0 Å². The number of aliphatic imine (C=N–C) groups is 2. The van der Waals surface area contributed by atoms with Crippen molar-refractivity contribution >= 4 is 12.2 Å². The van der Waals surface area contributed by atoms with Crippen molar-refractivity contribution in [2.75, 3.05) is 39.8 Å². The predicted octanol–water partition coefficient (Wildman–Crippen LogP) is 1.09. The summed E-state index contributed by atoms with van der Waals surface area (Å²) in [5.41, 5.74) is 0. The van der Waals surface area contributed by atoms with Crippen LogP contribution in [0.25, 0.3) is 0 Å². The number of hydrogen-bond donors (Lipinski definition) is 0. The zero-order valence-corrected chi connectivity index (χ0v) is 10.1. The maximum atomic E-state index is 4.44. The van der Waals surface area contributed by atoms with Gasteiger partial charge in [-0.05, 0) is 20.4 Å². The molecular formula is C11H22N4. The molecule has 4 heteroatoms. The van der Waals surface area contributed by atoms with Crippen LogP contribution in [0.5, 0.6) is 0 Å². The number of piperazine rings is 1. The van der Waals surface area contributed by atoms with Gasteiger partial charge in [0.15, 0.2) is 0 Å². The average molecular weight is 210 g/mol. The Kier molecular flexibility index (Phi) is 5.32. The molecule has 0 saturated carbocycles. The molecule has 1 heterocycles. The van der Waals surface area contributed by atoms with Crippen LogP contribution in [-0.4, -0.2) is 61.7 Å². The molecule has 0 aromatic heterocycles. The van der Waals surface area contributed by atoms with Crippen LogP contribution < -0.4 is 0 Å². The average Bonchev–Trinajstić information content (AvgIpc) is 2.25. The minimum absolute atomic E-state index is 0.808. The van der Waals surface area contributed by atoms with Gasteiger partial charge in [-0.25, -0.2) is 4.99 Å². The summed E-state index contributed by atoms with van der Waals surface area (Å²) in [5.74, 6) is 0.910. The summed E-state index contributed by atoms with van der Waals surface area (Å²) in [7, 11) is 2.16. The minimum atomic E-state index is 0.808. The zero-order valence-electron chi connectivity index (χ0n) is 10.1. The fraction of sp³-hybridized carbons (Fsp3) is 0.818. The van der Waals surface area contributed by atoms with Crippen molar-refractivity contribution in [1.29, 1.82) is 0 Å². The lowest BCUT2D eigenvalue weighted by atomic mass is 10.3. The molecular weight excluding hydrogens is 188 g/mol. The highest BCUT2D eigenvalue weighted by Crippen LogP contribution is 2.02. The summed E-state index contributed by atoms with van der Waals surface area (Å²) >= 11 is 0. The van der Waals surface area contributed by atoms with Crippen LogP contribution in [0.1, 0.15) is 20.3 Å². The Hall–Kier alpha value is -0.900. The molecule has 15 heavy (non-hydrogen) atoms. The molecule has 1 aliphatic heterocycles. The van der Waals surface area contributed by atoms with Gasteiger partial charge in [-0.1, -0.05) is 6.92 Å². The molecule has 0 unspecified atom stereocenters. The summed E-state index contributed by atoms with van der Waals surface area (Å²) in [6, 6.07) is 0. The van der Waals surface area contributed by atoms with E-state index in [2.05, 4.69) is 40.7 Å². The van der Waals surface area contributed by atoms with E-state index in [1.54, 1.807) is 0 Å². The summed E-state index contributed by atoms with van der Waals surface area (Å²) < 4.78 is 0. The third-order valence-corrected chi connectivity index (χ3v) is 2.47. The second kappa shape index (κ2) is 6.56. The van der Waals surface area contributed by atoms with Gasteiger partial charge in [0.05, 0.1) is 0 Å². The minimum Gasteiger partial charge on any atom is -0.339 e. The summed E-state index contributed by atoms with van der Waals surface area (Å²) in [6.45, 7) is 9.23. The first-order chi connectivity index (χ1) is 7.27. The van der Waals surface area contributed by atoms with E-state index in [-0.39, 0.29) is 0 Å². The van der Waals surface area contributed by atoms with Crippen molar-refractivity contribution in [3.05, 3.63) is 0 Å². The predicted molar refractivity (Wildman–Crippen MR) is 65.8 cm³/mol. The van der Waals surface area contributed by atoms with Crippen molar-refractivity contribution in [3.8, 4) is 0 Å². The lowest BCUT2D eigenvalue weighted by Gasteiger charge is -2.32. The van der Waals surface area contributed by atoms with E-state index in [9.17, 15) is 0 Å². The topological polar surface area (TPSA) is 31.2 Å². The Morgan fingerprint density at radius 1 is 1.20 bits per heavy atom. The lowest BCUT2D eigenvalue weighted by Crippen LogP contribution is -2.46. The van der Waals surface area contributed by atoms with E-state index in [1.165, 1.54) is 0 Å². The summed E-state index contributed by atoms with van der Waals surface area (Å²) in [5, 5.41) is 0. The van der Waals surface area contributed by atoms with Crippen molar-refractivity contribution < 1.29 is 0 Å². The molecule has 0 amide bonds. The molecule has 4 nitrogen and oxygen atoms in total. The third kappa shape index (κ3) is 4.00. The lowest BCUT2D eigenvalue weighted by molar-refractivity contribution is 0.214. The van der Waals surface area contributed by atoms with Gasteiger partial charge >= 0.3 is 0 Å². The molecule has 0 N–H and O–H groups in total. The first-order valence-electron chi connectivity index (χ1n) is 5.78. The quantitative estimate of drug-likeness (QED) is 0.504. The van der Waals surface area contributed by atoms with E-state index >= 15 is 0 Å². The number of guanidine groups is 1. The molecule has 1 aliphatic rings. The van der Waals surface area contributed by atoms with Crippen molar-refractivity contribution in [1.82, 2.24) is 9.80 Å². The van der Waals surface area contributed by atoms with E-state index < -0.39 is 0 Å². The van der Waals surface area contributed by atoms with Gasteiger partial charge in [-0.15, -0.1) is 0 Å². The highest BCUT2D eigenvalue weighted by molar-refractivity contribution is 5.87. The normalized spacial score (nSPS) is 20.2. The van der Waals surface area contributed by atoms with Gasteiger partial charge < -0.3 is 9.80 Å². The third-order valence-electron chi connectivity index (χ3n) is 2.47. The number of hydrogen-bond acceptors (Lipinski definition) is 2. The molecule has 0 atom stereocenters. The molecule has 0 aliphatic carbocycles. The van der Waals surface area contributed by atoms with Crippen molar-refractivity contribution in [2.45, 2.75) is 20.3 Å². The van der Waals surface area contributed by atoms with Crippen LogP contribution in [0.15, 0.2) is 9.98 Å². The molecule has 86 valence electrons. The zero-order chi connectivity index (χ0) is 11.1. The Bertz CT molecular complexity index is 227. The van der Waals surface area contributed by atoms with Crippen LogP contribution in [0.2, 0.25) is 0 Å². The van der Waals surface area contributed by atoms with E-state index in [4.69, 9.17) is 0 Å². The molecule has 0 spiro atoms. The Balaban J connectivity index is 2.56. The first kappa shape index (κ1) is 12.2. The van der Waals surface area contributed by atoms with Gasteiger partial charge in [0.25, 0.3) is 0 Å².